The highest BCUT2D eigenvalue weighted by Crippen LogP contribution is 2.20. The van der Waals surface area contributed by atoms with E-state index in [2.05, 4.69) is 62.1 Å². The molecule has 0 fully saturated rings. The first-order valence-corrected chi connectivity index (χ1v) is 16.7. The molecule has 3 aromatic carbocycles. The molecule has 0 aliphatic carbocycles. The molecule has 0 N–H and O–H groups in total. The molecular formula is C23H22F3IO4SSi. The Morgan fingerprint density at radius 3 is 1.79 bits per heavy atom. The van der Waals surface area contributed by atoms with Crippen LogP contribution in [0.2, 0.25) is 19.6 Å². The second kappa shape index (κ2) is 10.9. The van der Waals surface area contributed by atoms with Crippen LogP contribution in [-0.4, -0.2) is 32.3 Å². The Hall–Kier alpha value is -2.02. The van der Waals surface area contributed by atoms with E-state index < -0.39 is 23.7 Å². The molecule has 0 heterocycles. The van der Waals surface area contributed by atoms with Gasteiger partial charge < -0.3 is 4.55 Å². The van der Waals surface area contributed by atoms with E-state index in [0.29, 0.717) is 0 Å². The topological polar surface area (TPSA) is 74.3 Å². The van der Waals surface area contributed by atoms with E-state index in [1.165, 1.54) is 12.3 Å². The maximum absolute atomic E-state index is 12.8. The molecule has 3 rings (SSSR count). The van der Waals surface area contributed by atoms with Gasteiger partial charge in [-0.1, -0.05) is 80.3 Å². The summed E-state index contributed by atoms with van der Waals surface area (Å²) in [6.45, 7) is 7.12. The van der Waals surface area contributed by atoms with Gasteiger partial charge in [0.25, 0.3) is 0 Å². The van der Waals surface area contributed by atoms with Gasteiger partial charge in [-0.25, -0.2) is 8.42 Å². The van der Waals surface area contributed by atoms with Gasteiger partial charge in [-0.05, 0) is 17.3 Å². The standard InChI is InChI=1S/C22H22IOSi.CHF3O3S/c1-25(2,3)21-15-14-18(22(24)17-10-6-4-7-11-17)16-20(21)23-19-12-8-5-9-13-19;2-1(3,4)8(5,6)7/h4-16H,1-3H3;(H,5,6,7)/q+1;/p-1. The molecule has 0 aliphatic rings. The molecule has 0 amide bonds. The zero-order chi connectivity index (χ0) is 24.9. The quantitative estimate of drug-likeness (QED) is 0.146. The van der Waals surface area contributed by atoms with E-state index in [1.807, 2.05) is 36.4 Å². The number of carbonyl (C=O) groups excluding carboxylic acids is 1. The number of benzene rings is 3. The van der Waals surface area contributed by atoms with Crippen LogP contribution >= 0.6 is 0 Å². The number of rotatable bonds is 5. The molecule has 0 saturated heterocycles. The molecule has 33 heavy (non-hydrogen) atoms. The lowest BCUT2D eigenvalue weighted by atomic mass is 10.0. The molecule has 0 saturated carbocycles. The van der Waals surface area contributed by atoms with E-state index in [4.69, 9.17) is 13.0 Å². The molecule has 0 atom stereocenters. The van der Waals surface area contributed by atoms with Crippen molar-refractivity contribution in [2.45, 2.75) is 25.1 Å². The maximum Gasteiger partial charge on any atom is 0.485 e. The zero-order valence-corrected chi connectivity index (χ0v) is 22.0. The van der Waals surface area contributed by atoms with Crippen molar-refractivity contribution >= 4 is 29.2 Å². The number of alkyl halides is 3. The van der Waals surface area contributed by atoms with Crippen LogP contribution < -0.4 is 26.4 Å². The second-order valence-corrected chi connectivity index (χ2v) is 17.3. The third-order valence-corrected chi connectivity index (χ3v) is 10.2. The average Bonchev–Trinajstić information content (AvgIpc) is 2.73. The van der Waals surface area contributed by atoms with Crippen molar-refractivity contribution in [1.29, 1.82) is 0 Å². The van der Waals surface area contributed by atoms with Crippen LogP contribution in [0.15, 0.2) is 78.9 Å². The summed E-state index contributed by atoms with van der Waals surface area (Å²) < 4.78 is 61.7. The van der Waals surface area contributed by atoms with Crippen molar-refractivity contribution in [2.75, 3.05) is 0 Å². The first-order chi connectivity index (χ1) is 15.2. The Morgan fingerprint density at radius 2 is 1.33 bits per heavy atom. The van der Waals surface area contributed by atoms with Crippen molar-refractivity contribution in [3.63, 3.8) is 0 Å². The summed E-state index contributed by atoms with van der Waals surface area (Å²) >= 11 is -0.289. The predicted octanol–water partition coefficient (Wildman–Crippen LogP) is 1.64. The fraction of sp³-hybridized carbons (Fsp3) is 0.174. The molecule has 3 aromatic rings. The minimum Gasteiger partial charge on any atom is -0.741 e. The number of hydrogen-bond acceptors (Lipinski definition) is 4. The van der Waals surface area contributed by atoms with E-state index in [0.717, 1.165) is 11.1 Å². The Bertz CT molecular complexity index is 1190. The maximum atomic E-state index is 12.8. The minimum absolute atomic E-state index is 0.112. The zero-order valence-electron chi connectivity index (χ0n) is 18.1. The highest BCUT2D eigenvalue weighted by Gasteiger charge is 2.37. The molecule has 4 nitrogen and oxygen atoms in total. The summed E-state index contributed by atoms with van der Waals surface area (Å²) in [7, 11) is -7.54. The summed E-state index contributed by atoms with van der Waals surface area (Å²) in [5.41, 5.74) is -4.08. The molecule has 0 bridgehead atoms. The average molecular weight is 606 g/mol. The fourth-order valence-electron chi connectivity index (χ4n) is 2.69. The van der Waals surface area contributed by atoms with Crippen molar-refractivity contribution in [1.82, 2.24) is 0 Å². The van der Waals surface area contributed by atoms with E-state index in [9.17, 15) is 18.0 Å². The second-order valence-electron chi connectivity index (χ2n) is 7.93. The van der Waals surface area contributed by atoms with Gasteiger partial charge in [-0.3, -0.25) is 4.79 Å². The van der Waals surface area contributed by atoms with E-state index >= 15 is 0 Å². The normalized spacial score (nSPS) is 12.0. The smallest absolute Gasteiger partial charge is 0.485 e. The van der Waals surface area contributed by atoms with Gasteiger partial charge in [0.15, 0.2) is 23.0 Å². The van der Waals surface area contributed by atoms with Gasteiger partial charge in [-0.2, -0.15) is 13.2 Å². The summed E-state index contributed by atoms with van der Waals surface area (Å²) in [6.07, 6.45) is 0. The molecular weight excluding hydrogens is 584 g/mol. The lowest BCUT2D eigenvalue weighted by Gasteiger charge is -2.16. The Labute approximate surface area is 202 Å². The van der Waals surface area contributed by atoms with Crippen LogP contribution in [0.1, 0.15) is 15.9 Å². The molecule has 10 heteroatoms. The lowest BCUT2D eigenvalue weighted by Crippen LogP contribution is -3.62. The highest BCUT2D eigenvalue weighted by atomic mass is 127. The van der Waals surface area contributed by atoms with E-state index in [1.54, 1.807) is 0 Å². The van der Waals surface area contributed by atoms with Crippen LogP contribution in [0, 0.1) is 7.14 Å². The van der Waals surface area contributed by atoms with Gasteiger partial charge in [0.05, 0.1) is 8.07 Å². The van der Waals surface area contributed by atoms with Crippen LogP contribution in [0.3, 0.4) is 0 Å². The largest absolute Gasteiger partial charge is 0.741 e. The first kappa shape index (κ1) is 27.2. The number of ketones is 1. The Balaban J connectivity index is 0.000000414. The van der Waals surface area contributed by atoms with Gasteiger partial charge >= 0.3 is 26.7 Å². The number of carbonyl (C=O) groups is 1. The SMILES string of the molecule is C[Si](C)(C)c1ccc(C(=O)c2ccccc2)cc1[I+]c1ccccc1.O=S(=O)([O-])C(F)(F)F. The number of halogens is 4. The van der Waals surface area contributed by atoms with Crippen molar-refractivity contribution in [2.24, 2.45) is 0 Å². The predicted molar refractivity (Wildman–Crippen MR) is 119 cm³/mol. The fourth-order valence-corrected chi connectivity index (χ4v) is 9.22. The third kappa shape index (κ3) is 8.05. The minimum atomic E-state index is -6.09. The van der Waals surface area contributed by atoms with Crippen molar-refractivity contribution < 1.29 is 52.1 Å². The van der Waals surface area contributed by atoms with Gasteiger partial charge in [0.2, 0.25) is 0 Å². The van der Waals surface area contributed by atoms with Crippen LogP contribution in [0.5, 0.6) is 0 Å². The lowest BCUT2D eigenvalue weighted by molar-refractivity contribution is -0.596. The van der Waals surface area contributed by atoms with Gasteiger partial charge in [0.1, 0.15) is 0 Å². The van der Waals surface area contributed by atoms with Crippen LogP contribution in [-0.2, 0) is 10.1 Å². The summed E-state index contributed by atoms with van der Waals surface area (Å²) in [5, 5.41) is 1.48. The third-order valence-electron chi connectivity index (χ3n) is 4.30. The Morgan fingerprint density at radius 1 is 0.848 bits per heavy atom. The van der Waals surface area contributed by atoms with Crippen molar-refractivity contribution in [3.8, 4) is 0 Å². The summed E-state index contributed by atoms with van der Waals surface area (Å²) in [6, 6.07) is 26.6. The molecule has 0 spiro atoms. The van der Waals surface area contributed by atoms with Crippen LogP contribution in [0.4, 0.5) is 13.2 Å². The molecule has 176 valence electrons. The molecule has 0 aromatic heterocycles. The van der Waals surface area contributed by atoms with E-state index in [-0.39, 0.29) is 27.0 Å². The molecule has 0 radical (unpaired) electrons. The molecule has 0 unspecified atom stereocenters. The monoisotopic (exact) mass is 606 g/mol. The summed E-state index contributed by atoms with van der Waals surface area (Å²) in [5.74, 6) is 0.112. The van der Waals surface area contributed by atoms with Crippen molar-refractivity contribution in [3.05, 3.63) is 97.1 Å². The first-order valence-electron chi connectivity index (χ1n) is 9.66. The Kier molecular flexibility index (Phi) is 9.02. The number of hydrogen-bond donors (Lipinski definition) is 0. The van der Waals surface area contributed by atoms with Gasteiger partial charge in [-0.15, -0.1) is 0 Å². The van der Waals surface area contributed by atoms with Gasteiger partial charge in [0, 0.05) is 17.2 Å². The molecule has 0 aliphatic heterocycles. The summed E-state index contributed by atoms with van der Waals surface area (Å²) in [4.78, 5) is 12.8. The highest BCUT2D eigenvalue weighted by molar-refractivity contribution is 7.86. The van der Waals surface area contributed by atoms with Crippen LogP contribution in [0.25, 0.3) is 0 Å².